The standard InChI is InChI=1S/C9H14IN3O2/c1-9(2,3)15-8(14)11-7-5-6(10)12-13(7)4/h5H,1-4H3,(H,11,14). The molecule has 0 aliphatic rings. The van der Waals surface area contributed by atoms with E-state index in [1.807, 2.05) is 20.8 Å². The smallest absolute Gasteiger partial charge is 0.413 e. The van der Waals surface area contributed by atoms with Gasteiger partial charge in [0.05, 0.1) is 0 Å². The first-order valence-electron chi connectivity index (χ1n) is 4.47. The van der Waals surface area contributed by atoms with E-state index in [1.165, 1.54) is 0 Å². The minimum Gasteiger partial charge on any atom is -0.444 e. The third kappa shape index (κ3) is 4.06. The molecule has 0 radical (unpaired) electrons. The monoisotopic (exact) mass is 323 g/mol. The van der Waals surface area contributed by atoms with Crippen molar-refractivity contribution in [3.05, 3.63) is 9.77 Å². The number of nitrogens with zero attached hydrogens (tertiary/aromatic N) is 2. The molecule has 0 unspecified atom stereocenters. The molecule has 0 spiro atoms. The van der Waals surface area contributed by atoms with E-state index in [1.54, 1.807) is 17.8 Å². The number of hydrogen-bond donors (Lipinski definition) is 1. The SMILES string of the molecule is Cn1nc(I)cc1NC(=O)OC(C)(C)C. The highest BCUT2D eigenvalue weighted by molar-refractivity contribution is 14.1. The van der Waals surface area contributed by atoms with E-state index in [-0.39, 0.29) is 0 Å². The Morgan fingerprint density at radius 3 is 2.60 bits per heavy atom. The summed E-state index contributed by atoms with van der Waals surface area (Å²) in [6, 6.07) is 1.77. The summed E-state index contributed by atoms with van der Waals surface area (Å²) in [6.07, 6.45) is -0.470. The van der Waals surface area contributed by atoms with Crippen LogP contribution in [-0.4, -0.2) is 21.5 Å². The second kappa shape index (κ2) is 4.38. The second-order valence-electron chi connectivity index (χ2n) is 4.10. The molecule has 0 fully saturated rings. The fourth-order valence-electron chi connectivity index (χ4n) is 0.957. The summed E-state index contributed by atoms with van der Waals surface area (Å²) in [5.74, 6) is 0.619. The third-order valence-corrected chi connectivity index (χ3v) is 2.01. The number of aromatic nitrogens is 2. The van der Waals surface area contributed by atoms with Crippen molar-refractivity contribution >= 4 is 34.5 Å². The zero-order valence-corrected chi connectivity index (χ0v) is 11.3. The summed E-state index contributed by atoms with van der Waals surface area (Å²) in [4.78, 5) is 11.4. The lowest BCUT2D eigenvalue weighted by Gasteiger charge is -2.19. The average Bonchev–Trinajstić information content (AvgIpc) is 2.25. The van der Waals surface area contributed by atoms with Crippen molar-refractivity contribution in [2.45, 2.75) is 26.4 Å². The highest BCUT2D eigenvalue weighted by atomic mass is 127. The van der Waals surface area contributed by atoms with Crippen molar-refractivity contribution < 1.29 is 9.53 Å². The Kier molecular flexibility index (Phi) is 3.58. The Labute approximate surface area is 102 Å². The zero-order valence-electron chi connectivity index (χ0n) is 9.17. The Morgan fingerprint density at radius 1 is 1.60 bits per heavy atom. The van der Waals surface area contributed by atoms with Gasteiger partial charge in [0.25, 0.3) is 0 Å². The highest BCUT2D eigenvalue weighted by Gasteiger charge is 2.17. The van der Waals surface area contributed by atoms with Crippen LogP contribution in [0.5, 0.6) is 0 Å². The van der Waals surface area contributed by atoms with Gasteiger partial charge in [0.15, 0.2) is 0 Å². The van der Waals surface area contributed by atoms with Crippen LogP contribution in [0.15, 0.2) is 6.07 Å². The molecule has 84 valence electrons. The van der Waals surface area contributed by atoms with Crippen LogP contribution in [0.1, 0.15) is 20.8 Å². The van der Waals surface area contributed by atoms with E-state index in [0.717, 1.165) is 3.70 Å². The molecule has 0 atom stereocenters. The molecule has 15 heavy (non-hydrogen) atoms. The van der Waals surface area contributed by atoms with Crippen LogP contribution in [0.25, 0.3) is 0 Å². The molecule has 0 aliphatic carbocycles. The topological polar surface area (TPSA) is 56.2 Å². The molecule has 1 rings (SSSR count). The molecular weight excluding hydrogens is 309 g/mol. The molecule has 1 aromatic heterocycles. The number of halogens is 1. The number of rotatable bonds is 1. The van der Waals surface area contributed by atoms with Crippen LogP contribution in [0.2, 0.25) is 0 Å². The maximum atomic E-state index is 11.4. The lowest BCUT2D eigenvalue weighted by atomic mass is 10.2. The van der Waals surface area contributed by atoms with Gasteiger partial charge in [-0.3, -0.25) is 10.00 Å². The number of anilines is 1. The first kappa shape index (κ1) is 12.3. The number of nitrogens with one attached hydrogen (secondary N) is 1. The van der Waals surface area contributed by atoms with Gasteiger partial charge in [-0.2, -0.15) is 5.10 Å². The number of aryl methyl sites for hydroxylation is 1. The molecule has 1 heterocycles. The lowest BCUT2D eigenvalue weighted by Crippen LogP contribution is -2.27. The predicted molar refractivity (Wildman–Crippen MR) is 65.8 cm³/mol. The van der Waals surface area contributed by atoms with Gasteiger partial charge in [0.2, 0.25) is 0 Å². The summed E-state index contributed by atoms with van der Waals surface area (Å²) >= 11 is 2.08. The zero-order chi connectivity index (χ0) is 11.6. The number of hydrogen-bond acceptors (Lipinski definition) is 3. The number of amides is 1. The van der Waals surface area contributed by atoms with E-state index < -0.39 is 11.7 Å². The molecular formula is C9H14IN3O2. The first-order valence-corrected chi connectivity index (χ1v) is 5.55. The van der Waals surface area contributed by atoms with Crippen molar-refractivity contribution in [1.29, 1.82) is 0 Å². The largest absolute Gasteiger partial charge is 0.444 e. The maximum absolute atomic E-state index is 11.4. The summed E-state index contributed by atoms with van der Waals surface area (Å²) in [5, 5.41) is 6.72. The van der Waals surface area contributed by atoms with Gasteiger partial charge in [0.1, 0.15) is 15.1 Å². The quantitative estimate of drug-likeness (QED) is 0.807. The van der Waals surface area contributed by atoms with E-state index >= 15 is 0 Å². The van der Waals surface area contributed by atoms with Gasteiger partial charge in [-0.25, -0.2) is 4.79 Å². The molecule has 0 aliphatic heterocycles. The maximum Gasteiger partial charge on any atom is 0.413 e. The number of carbonyl (C=O) groups excluding carboxylic acids is 1. The van der Waals surface area contributed by atoms with Crippen LogP contribution in [0.4, 0.5) is 10.6 Å². The van der Waals surface area contributed by atoms with Crippen molar-refractivity contribution in [2.75, 3.05) is 5.32 Å². The molecule has 0 bridgehead atoms. The van der Waals surface area contributed by atoms with E-state index in [9.17, 15) is 4.79 Å². The van der Waals surface area contributed by atoms with Crippen LogP contribution in [0.3, 0.4) is 0 Å². The first-order chi connectivity index (χ1) is 6.78. The molecule has 5 nitrogen and oxygen atoms in total. The Balaban J connectivity index is 2.63. The van der Waals surface area contributed by atoms with Crippen LogP contribution in [0, 0.1) is 3.70 Å². The molecule has 0 saturated carbocycles. The van der Waals surface area contributed by atoms with E-state index in [2.05, 4.69) is 33.0 Å². The van der Waals surface area contributed by atoms with Crippen molar-refractivity contribution in [2.24, 2.45) is 7.05 Å². The molecule has 0 saturated heterocycles. The molecule has 1 aromatic rings. The van der Waals surface area contributed by atoms with Gasteiger partial charge in [-0.05, 0) is 43.4 Å². The number of carbonyl (C=O) groups is 1. The van der Waals surface area contributed by atoms with Crippen LogP contribution in [-0.2, 0) is 11.8 Å². The minimum absolute atomic E-state index is 0.470. The van der Waals surface area contributed by atoms with Gasteiger partial charge in [-0.15, -0.1) is 0 Å². The fourth-order valence-corrected chi connectivity index (χ4v) is 1.58. The Bertz CT molecular complexity index is 368. The van der Waals surface area contributed by atoms with Crippen molar-refractivity contribution in [1.82, 2.24) is 9.78 Å². The molecule has 6 heteroatoms. The lowest BCUT2D eigenvalue weighted by molar-refractivity contribution is 0.0634. The molecule has 1 amide bonds. The van der Waals surface area contributed by atoms with Crippen LogP contribution < -0.4 is 5.32 Å². The fraction of sp³-hybridized carbons (Fsp3) is 0.556. The van der Waals surface area contributed by atoms with Gasteiger partial charge in [0, 0.05) is 13.1 Å². The average molecular weight is 323 g/mol. The predicted octanol–water partition coefficient (Wildman–Crippen LogP) is 2.37. The van der Waals surface area contributed by atoms with Crippen molar-refractivity contribution in [3.8, 4) is 0 Å². The summed E-state index contributed by atoms with van der Waals surface area (Å²) in [5.41, 5.74) is -0.490. The second-order valence-corrected chi connectivity index (χ2v) is 5.21. The number of ether oxygens (including phenoxy) is 1. The Morgan fingerprint density at radius 2 is 2.20 bits per heavy atom. The third-order valence-electron chi connectivity index (χ3n) is 1.48. The summed E-state index contributed by atoms with van der Waals surface area (Å²) < 4.78 is 7.52. The van der Waals surface area contributed by atoms with E-state index in [0.29, 0.717) is 5.82 Å². The van der Waals surface area contributed by atoms with E-state index in [4.69, 9.17) is 4.74 Å². The molecule has 0 aromatic carbocycles. The summed E-state index contributed by atoms with van der Waals surface area (Å²) in [7, 11) is 1.76. The Hall–Kier alpha value is -0.790. The van der Waals surface area contributed by atoms with Crippen molar-refractivity contribution in [3.63, 3.8) is 0 Å². The van der Waals surface area contributed by atoms with Gasteiger partial charge >= 0.3 is 6.09 Å². The van der Waals surface area contributed by atoms with Gasteiger partial charge in [-0.1, -0.05) is 0 Å². The molecule has 1 N–H and O–H groups in total. The van der Waals surface area contributed by atoms with Gasteiger partial charge < -0.3 is 4.74 Å². The minimum atomic E-state index is -0.490. The normalized spacial score (nSPS) is 11.3. The highest BCUT2D eigenvalue weighted by Crippen LogP contribution is 2.13. The summed E-state index contributed by atoms with van der Waals surface area (Å²) in [6.45, 7) is 5.46. The van der Waals surface area contributed by atoms with Crippen LogP contribution >= 0.6 is 22.6 Å².